The molecule has 3 aromatic heterocycles. The van der Waals surface area contributed by atoms with Crippen LogP contribution in [0.4, 0.5) is 0 Å². The van der Waals surface area contributed by atoms with Gasteiger partial charge in [0.25, 0.3) is 0 Å². The van der Waals surface area contributed by atoms with Crippen LogP contribution in [0.15, 0.2) is 219 Å². The van der Waals surface area contributed by atoms with Gasteiger partial charge in [-0.2, -0.15) is 0 Å². The Balaban J connectivity index is 1.03. The van der Waals surface area contributed by atoms with E-state index in [1.54, 1.807) is 6.33 Å². The molecule has 12 rings (SSSR count). The van der Waals surface area contributed by atoms with Crippen molar-refractivity contribution >= 4 is 53.3 Å². The van der Waals surface area contributed by atoms with Gasteiger partial charge in [-0.15, -0.1) is 11.3 Å². The maximum absolute atomic E-state index is 5.11. The third kappa shape index (κ3) is 6.18. The van der Waals surface area contributed by atoms with Crippen LogP contribution < -0.4 is 0 Å². The van der Waals surface area contributed by atoms with E-state index in [9.17, 15) is 0 Å². The van der Waals surface area contributed by atoms with Gasteiger partial charge in [0, 0.05) is 47.8 Å². The molecule has 0 spiro atoms. The molecule has 0 aliphatic heterocycles. The van der Waals surface area contributed by atoms with Crippen molar-refractivity contribution in [3.8, 4) is 73.0 Å². The lowest BCUT2D eigenvalue weighted by molar-refractivity contribution is 1.07. The van der Waals surface area contributed by atoms with Crippen molar-refractivity contribution < 1.29 is 0 Å². The first-order valence-corrected chi connectivity index (χ1v) is 21.6. The highest BCUT2D eigenvalue weighted by molar-refractivity contribution is 7.26. The minimum atomic E-state index is 0.632. The normalized spacial score (nSPS) is 11.5. The fourth-order valence-corrected chi connectivity index (χ4v) is 10.2. The molecule has 9 aromatic carbocycles. The second-order valence-electron chi connectivity index (χ2n) is 15.6. The second kappa shape index (κ2) is 14.9. The Morgan fingerprint density at radius 3 is 1.61 bits per heavy atom. The summed E-state index contributed by atoms with van der Waals surface area (Å²) in [6.07, 6.45) is 1.63. The zero-order chi connectivity index (χ0) is 41.0. The molecule has 290 valence electrons. The molecule has 0 aliphatic rings. The van der Waals surface area contributed by atoms with Gasteiger partial charge in [-0.05, 0) is 93.0 Å². The minimum Gasteiger partial charge on any atom is -0.309 e. The molecule has 0 fully saturated rings. The van der Waals surface area contributed by atoms with Crippen LogP contribution in [0.1, 0.15) is 0 Å². The molecular weight excluding hydrogens is 773 g/mol. The van der Waals surface area contributed by atoms with Gasteiger partial charge in [0.15, 0.2) is 11.6 Å². The lowest BCUT2D eigenvalue weighted by Gasteiger charge is -2.15. The van der Waals surface area contributed by atoms with E-state index >= 15 is 0 Å². The summed E-state index contributed by atoms with van der Waals surface area (Å²) >= 11 is 1.84. The lowest BCUT2D eigenvalue weighted by Crippen LogP contribution is -1.97. The van der Waals surface area contributed by atoms with Crippen LogP contribution >= 0.6 is 11.3 Å². The Kier molecular flexibility index (Phi) is 8.65. The van der Waals surface area contributed by atoms with E-state index in [4.69, 9.17) is 9.97 Å². The van der Waals surface area contributed by atoms with Gasteiger partial charge in [0.2, 0.25) is 0 Å². The summed E-state index contributed by atoms with van der Waals surface area (Å²) in [5, 5.41) is 5.04. The Morgan fingerprint density at radius 2 is 0.887 bits per heavy atom. The Hall–Kier alpha value is -7.99. The summed E-state index contributed by atoms with van der Waals surface area (Å²) in [6.45, 7) is 0. The third-order valence-corrected chi connectivity index (χ3v) is 13.1. The first-order valence-electron chi connectivity index (χ1n) is 20.8. The van der Waals surface area contributed by atoms with Gasteiger partial charge >= 0.3 is 0 Å². The molecule has 0 bridgehead atoms. The van der Waals surface area contributed by atoms with Crippen molar-refractivity contribution in [2.24, 2.45) is 0 Å². The highest BCUT2D eigenvalue weighted by atomic mass is 32.1. The molecule has 0 N–H and O–H groups in total. The van der Waals surface area contributed by atoms with Gasteiger partial charge in [-0.1, -0.05) is 164 Å². The summed E-state index contributed by atoms with van der Waals surface area (Å²) in [7, 11) is 0. The quantitative estimate of drug-likeness (QED) is 0.161. The highest BCUT2D eigenvalue weighted by Gasteiger charge is 2.19. The molecule has 0 unspecified atom stereocenters. The maximum Gasteiger partial charge on any atom is 0.164 e. The fraction of sp³-hybridized carbons (Fsp3) is 0. The monoisotopic (exact) mass is 808 g/mol. The largest absolute Gasteiger partial charge is 0.309 e. The van der Waals surface area contributed by atoms with Gasteiger partial charge in [-0.3, -0.25) is 0 Å². The zero-order valence-electron chi connectivity index (χ0n) is 33.5. The van der Waals surface area contributed by atoms with E-state index < -0.39 is 0 Å². The van der Waals surface area contributed by atoms with E-state index in [-0.39, 0.29) is 0 Å². The van der Waals surface area contributed by atoms with E-state index in [1.165, 1.54) is 64.2 Å². The number of rotatable bonds is 7. The summed E-state index contributed by atoms with van der Waals surface area (Å²) in [5.41, 5.74) is 14.6. The first kappa shape index (κ1) is 35.9. The van der Waals surface area contributed by atoms with E-state index in [0.717, 1.165) is 39.1 Å². The Labute approximate surface area is 362 Å². The molecule has 5 heteroatoms. The summed E-state index contributed by atoms with van der Waals surface area (Å²) in [6, 6.07) is 76.0. The predicted molar refractivity (Wildman–Crippen MR) is 260 cm³/mol. The number of para-hydroxylation sites is 2. The molecule has 0 amide bonds. The number of nitrogens with zero attached hydrogens (tertiary/aromatic N) is 4. The number of fused-ring (bicyclic) bond motifs is 6. The Morgan fingerprint density at radius 1 is 0.323 bits per heavy atom. The molecular formula is C57H36N4S. The van der Waals surface area contributed by atoms with Crippen LogP contribution in [0.5, 0.6) is 0 Å². The average molecular weight is 809 g/mol. The molecule has 4 nitrogen and oxygen atoms in total. The summed E-state index contributed by atoms with van der Waals surface area (Å²) in [4.78, 5) is 14.6. The van der Waals surface area contributed by atoms with Crippen LogP contribution in [-0.2, 0) is 0 Å². The fourth-order valence-electron chi connectivity index (χ4n) is 9.02. The molecule has 0 aliphatic carbocycles. The van der Waals surface area contributed by atoms with Crippen LogP contribution in [0.25, 0.3) is 115 Å². The number of hydrogen-bond donors (Lipinski definition) is 0. The standard InChI is InChI=1S/C57H36N4S/c1-5-15-37(16-6-1)44-28-25-40(31-48(44)38-17-7-2-8-18-38)41-26-29-45(51(32-41)57-59-36-58-56(60-57)39-19-9-3-10-20-39)42-27-30-47-50-34-49-46-23-13-14-24-52(46)61(43-21-11-4-12-22-43)53(49)35-55(50)62-54(47)33-42/h1-36H. The summed E-state index contributed by atoms with van der Waals surface area (Å²) < 4.78 is 4.89. The summed E-state index contributed by atoms with van der Waals surface area (Å²) in [5.74, 6) is 1.28. The minimum absolute atomic E-state index is 0.632. The number of aromatic nitrogens is 4. The zero-order valence-corrected chi connectivity index (χ0v) is 34.3. The maximum atomic E-state index is 5.11. The molecule has 62 heavy (non-hydrogen) atoms. The van der Waals surface area contributed by atoms with E-state index in [2.05, 4.69) is 192 Å². The topological polar surface area (TPSA) is 43.6 Å². The van der Waals surface area contributed by atoms with Crippen molar-refractivity contribution in [3.63, 3.8) is 0 Å². The molecule has 12 aromatic rings. The van der Waals surface area contributed by atoms with Crippen molar-refractivity contribution in [2.75, 3.05) is 0 Å². The van der Waals surface area contributed by atoms with Gasteiger partial charge < -0.3 is 4.57 Å². The SMILES string of the molecule is c1ccc(-c2ncnc(-c3cc(-c4ccc(-c5ccccc5)c(-c5ccccc5)c4)ccc3-c3ccc4c(c3)sc3cc5c(cc34)c3ccccc3n5-c3ccccc3)n2)cc1. The van der Waals surface area contributed by atoms with Crippen LogP contribution in [0.2, 0.25) is 0 Å². The first-order chi connectivity index (χ1) is 30.7. The number of hydrogen-bond acceptors (Lipinski definition) is 4. The molecule has 3 heterocycles. The van der Waals surface area contributed by atoms with Crippen molar-refractivity contribution in [1.29, 1.82) is 0 Å². The van der Waals surface area contributed by atoms with Crippen LogP contribution in [0.3, 0.4) is 0 Å². The third-order valence-electron chi connectivity index (χ3n) is 12.0. The number of benzene rings is 9. The van der Waals surface area contributed by atoms with Gasteiger partial charge in [0.1, 0.15) is 6.33 Å². The van der Waals surface area contributed by atoms with E-state index in [0.29, 0.717) is 11.6 Å². The van der Waals surface area contributed by atoms with Crippen LogP contribution in [-0.4, -0.2) is 19.5 Å². The number of thiophene rings is 1. The second-order valence-corrected chi connectivity index (χ2v) is 16.7. The highest BCUT2D eigenvalue weighted by Crippen LogP contribution is 2.44. The molecule has 0 atom stereocenters. The van der Waals surface area contributed by atoms with Crippen molar-refractivity contribution in [1.82, 2.24) is 19.5 Å². The van der Waals surface area contributed by atoms with Crippen molar-refractivity contribution in [2.45, 2.75) is 0 Å². The molecule has 0 radical (unpaired) electrons. The van der Waals surface area contributed by atoms with Gasteiger partial charge in [-0.25, -0.2) is 15.0 Å². The Bertz CT molecular complexity index is 3610. The molecule has 0 saturated heterocycles. The lowest BCUT2D eigenvalue weighted by atomic mass is 9.89. The van der Waals surface area contributed by atoms with Gasteiger partial charge in [0.05, 0.1) is 11.0 Å². The van der Waals surface area contributed by atoms with Crippen molar-refractivity contribution in [3.05, 3.63) is 219 Å². The molecule has 0 saturated carbocycles. The smallest absolute Gasteiger partial charge is 0.164 e. The van der Waals surface area contributed by atoms with E-state index in [1.807, 2.05) is 41.7 Å². The predicted octanol–water partition coefficient (Wildman–Crippen LogP) is 15.3. The average Bonchev–Trinajstić information content (AvgIpc) is 3.88. The van der Waals surface area contributed by atoms with Crippen LogP contribution in [0, 0.1) is 0 Å².